The van der Waals surface area contributed by atoms with E-state index in [0.717, 1.165) is 23.1 Å². The molecule has 2 aromatic rings. The molecule has 0 unspecified atom stereocenters. The lowest BCUT2D eigenvalue weighted by Gasteiger charge is -2.18. The van der Waals surface area contributed by atoms with Crippen molar-refractivity contribution in [2.45, 2.75) is 31.1 Å². The molecule has 22 heavy (non-hydrogen) atoms. The monoisotopic (exact) mass is 318 g/mol. The van der Waals surface area contributed by atoms with E-state index < -0.39 is 15.7 Å². The van der Waals surface area contributed by atoms with Gasteiger partial charge in [0.2, 0.25) is 0 Å². The lowest BCUT2D eigenvalue weighted by molar-refractivity contribution is 0.590. The maximum absolute atomic E-state index is 12.8. The molecule has 0 heterocycles. The molecule has 0 amide bonds. The molecule has 0 saturated carbocycles. The zero-order valence-electron chi connectivity index (χ0n) is 12.9. The second-order valence-corrected chi connectivity index (χ2v) is 8.01. The summed E-state index contributed by atoms with van der Waals surface area (Å²) in [6, 6.07) is 12.6. The summed E-state index contributed by atoms with van der Waals surface area (Å²) in [7, 11) is -3.56. The number of hydrogen-bond acceptors (Lipinski definition) is 2. The Kier molecular flexibility index (Phi) is 4.52. The van der Waals surface area contributed by atoms with Crippen LogP contribution in [0.4, 0.5) is 4.39 Å². The summed E-state index contributed by atoms with van der Waals surface area (Å²) in [5.74, 6) is -0.458. The Balaban J connectivity index is 2.22. The fourth-order valence-corrected chi connectivity index (χ4v) is 2.97. The number of rotatable bonds is 3. The van der Waals surface area contributed by atoms with Gasteiger partial charge in [-0.25, -0.2) is 12.8 Å². The van der Waals surface area contributed by atoms with Gasteiger partial charge < -0.3 is 0 Å². The van der Waals surface area contributed by atoms with Crippen molar-refractivity contribution in [1.29, 1.82) is 0 Å². The molecule has 0 aliphatic carbocycles. The molecule has 0 bridgehead atoms. The second kappa shape index (κ2) is 6.05. The van der Waals surface area contributed by atoms with Crippen molar-refractivity contribution < 1.29 is 12.8 Å². The molecule has 4 heteroatoms. The minimum Gasteiger partial charge on any atom is -0.219 e. The maximum Gasteiger partial charge on any atom is 0.199 e. The van der Waals surface area contributed by atoms with Gasteiger partial charge in [0.15, 0.2) is 9.84 Å². The Labute approximate surface area is 131 Å². The molecule has 116 valence electrons. The molecule has 0 atom stereocenters. The fourth-order valence-electron chi connectivity index (χ4n) is 1.97. The van der Waals surface area contributed by atoms with Gasteiger partial charge in [0.1, 0.15) is 5.82 Å². The third-order valence-electron chi connectivity index (χ3n) is 3.36. The molecule has 0 aliphatic heterocycles. The Morgan fingerprint density at radius 1 is 0.909 bits per heavy atom. The minimum atomic E-state index is -3.56. The van der Waals surface area contributed by atoms with Crippen LogP contribution < -0.4 is 0 Å². The standard InChI is InChI=1S/C18H19FO2S/c1-18(2,3)15-6-4-14(5-7-15)12-13-22(20,21)17-10-8-16(19)9-11-17/h4-13H,1-3H3. The predicted molar refractivity (Wildman–Crippen MR) is 87.8 cm³/mol. The van der Waals surface area contributed by atoms with Crippen LogP contribution in [0.5, 0.6) is 0 Å². The molecule has 2 rings (SSSR count). The third-order valence-corrected chi connectivity index (χ3v) is 4.78. The zero-order chi connectivity index (χ0) is 16.4. The van der Waals surface area contributed by atoms with E-state index in [2.05, 4.69) is 20.8 Å². The summed E-state index contributed by atoms with van der Waals surface area (Å²) >= 11 is 0. The van der Waals surface area contributed by atoms with E-state index in [1.165, 1.54) is 17.7 Å². The fraction of sp³-hybridized carbons (Fsp3) is 0.222. The molecular weight excluding hydrogens is 299 g/mol. The van der Waals surface area contributed by atoms with E-state index in [4.69, 9.17) is 0 Å². The van der Waals surface area contributed by atoms with Crippen LogP contribution in [-0.2, 0) is 15.3 Å². The first-order valence-electron chi connectivity index (χ1n) is 6.98. The van der Waals surface area contributed by atoms with E-state index in [1.54, 1.807) is 6.08 Å². The van der Waals surface area contributed by atoms with Gasteiger partial charge in [-0.15, -0.1) is 0 Å². The van der Waals surface area contributed by atoms with Gasteiger partial charge in [0, 0.05) is 5.41 Å². The molecular formula is C18H19FO2S. The molecule has 0 fully saturated rings. The Morgan fingerprint density at radius 3 is 1.95 bits per heavy atom. The van der Waals surface area contributed by atoms with Gasteiger partial charge in [-0.05, 0) is 46.9 Å². The first-order valence-corrected chi connectivity index (χ1v) is 8.52. The Hall–Kier alpha value is -1.94. The summed E-state index contributed by atoms with van der Waals surface area (Å²) in [5, 5.41) is 1.15. The molecule has 2 aromatic carbocycles. The van der Waals surface area contributed by atoms with E-state index >= 15 is 0 Å². The molecule has 0 aliphatic rings. The second-order valence-electron chi connectivity index (χ2n) is 6.17. The van der Waals surface area contributed by atoms with Gasteiger partial charge in [0.25, 0.3) is 0 Å². The van der Waals surface area contributed by atoms with Gasteiger partial charge in [-0.3, -0.25) is 0 Å². The molecule has 0 spiro atoms. The molecule has 0 radical (unpaired) electrons. The van der Waals surface area contributed by atoms with Crippen LogP contribution in [0, 0.1) is 5.82 Å². The van der Waals surface area contributed by atoms with Crippen LogP contribution in [0.3, 0.4) is 0 Å². The van der Waals surface area contributed by atoms with Crippen LogP contribution in [0.25, 0.3) is 6.08 Å². The van der Waals surface area contributed by atoms with E-state index in [9.17, 15) is 12.8 Å². The van der Waals surface area contributed by atoms with Gasteiger partial charge >= 0.3 is 0 Å². The average Bonchev–Trinajstić information content (AvgIpc) is 2.45. The van der Waals surface area contributed by atoms with Crippen LogP contribution in [0.1, 0.15) is 31.9 Å². The highest BCUT2D eigenvalue weighted by Crippen LogP contribution is 2.23. The maximum atomic E-state index is 12.8. The summed E-state index contributed by atoms with van der Waals surface area (Å²) in [6.07, 6.45) is 1.55. The highest BCUT2D eigenvalue weighted by molar-refractivity contribution is 7.94. The quantitative estimate of drug-likeness (QED) is 0.777. The number of hydrogen-bond donors (Lipinski definition) is 0. The van der Waals surface area contributed by atoms with Crippen molar-refractivity contribution in [2.24, 2.45) is 0 Å². The van der Waals surface area contributed by atoms with Crippen molar-refractivity contribution in [3.05, 3.63) is 70.9 Å². The van der Waals surface area contributed by atoms with Gasteiger partial charge in [-0.2, -0.15) is 0 Å². The van der Waals surface area contributed by atoms with Crippen molar-refractivity contribution in [3.8, 4) is 0 Å². The molecule has 0 saturated heterocycles. The molecule has 0 N–H and O–H groups in total. The summed E-state index contributed by atoms with van der Waals surface area (Å²) in [4.78, 5) is 0.0801. The third kappa shape index (κ3) is 4.04. The minimum absolute atomic E-state index is 0.0580. The van der Waals surface area contributed by atoms with Crippen molar-refractivity contribution in [3.63, 3.8) is 0 Å². The number of halogens is 1. The summed E-state index contributed by atoms with van der Waals surface area (Å²) in [6.45, 7) is 6.37. The number of sulfone groups is 1. The first-order chi connectivity index (χ1) is 10.2. The zero-order valence-corrected chi connectivity index (χ0v) is 13.7. The molecule has 0 aromatic heterocycles. The first kappa shape index (κ1) is 16.4. The lowest BCUT2D eigenvalue weighted by Crippen LogP contribution is -2.10. The van der Waals surface area contributed by atoms with Crippen LogP contribution >= 0.6 is 0 Å². The van der Waals surface area contributed by atoms with Crippen LogP contribution in [0.2, 0.25) is 0 Å². The van der Waals surface area contributed by atoms with E-state index in [1.807, 2.05) is 24.3 Å². The topological polar surface area (TPSA) is 34.1 Å². The smallest absolute Gasteiger partial charge is 0.199 e. The number of benzene rings is 2. The predicted octanol–water partition coefficient (Wildman–Crippen LogP) is 4.57. The molecule has 2 nitrogen and oxygen atoms in total. The van der Waals surface area contributed by atoms with Gasteiger partial charge in [-0.1, -0.05) is 45.0 Å². The largest absolute Gasteiger partial charge is 0.219 e. The Bertz CT molecular complexity index is 765. The lowest BCUT2D eigenvalue weighted by atomic mass is 9.87. The average molecular weight is 318 g/mol. The van der Waals surface area contributed by atoms with Crippen molar-refractivity contribution in [1.82, 2.24) is 0 Å². The van der Waals surface area contributed by atoms with Crippen LogP contribution in [0.15, 0.2) is 58.8 Å². The Morgan fingerprint density at radius 2 is 1.45 bits per heavy atom. The van der Waals surface area contributed by atoms with Crippen molar-refractivity contribution in [2.75, 3.05) is 0 Å². The summed E-state index contributed by atoms with van der Waals surface area (Å²) < 4.78 is 37.1. The highest BCUT2D eigenvalue weighted by Gasteiger charge is 2.13. The summed E-state index contributed by atoms with van der Waals surface area (Å²) in [5.41, 5.74) is 2.05. The normalized spacial score (nSPS) is 12.7. The SMILES string of the molecule is CC(C)(C)c1ccc(C=CS(=O)(=O)c2ccc(F)cc2)cc1. The van der Waals surface area contributed by atoms with E-state index in [0.29, 0.717) is 0 Å². The van der Waals surface area contributed by atoms with Gasteiger partial charge in [0.05, 0.1) is 4.90 Å². The van der Waals surface area contributed by atoms with Crippen molar-refractivity contribution >= 4 is 15.9 Å². The van der Waals surface area contributed by atoms with E-state index in [-0.39, 0.29) is 10.3 Å². The van der Waals surface area contributed by atoms with Crippen LogP contribution in [-0.4, -0.2) is 8.42 Å². The highest BCUT2D eigenvalue weighted by atomic mass is 32.2.